The molecule has 0 bridgehead atoms. The van der Waals surface area contributed by atoms with Gasteiger partial charge in [0.25, 0.3) is 0 Å². The van der Waals surface area contributed by atoms with Crippen molar-refractivity contribution in [3.05, 3.63) is 29.8 Å². The van der Waals surface area contributed by atoms with E-state index in [0.717, 1.165) is 0 Å². The second-order valence-corrected chi connectivity index (χ2v) is 21.9. The molecule has 1 rings (SSSR count). The van der Waals surface area contributed by atoms with Crippen LogP contribution in [-0.4, -0.2) is 189 Å². The van der Waals surface area contributed by atoms with Crippen molar-refractivity contribution in [1.29, 1.82) is 0 Å². The van der Waals surface area contributed by atoms with Gasteiger partial charge in [-0.3, -0.25) is 62.7 Å². The Morgan fingerprint density at radius 2 is 0.851 bits per heavy atom. The third-order valence-corrected chi connectivity index (χ3v) is 14.4. The summed E-state index contributed by atoms with van der Waals surface area (Å²) in [6.07, 6.45) is 0.153. The van der Waals surface area contributed by atoms with E-state index in [1.54, 1.807) is 20.8 Å². The number of thioether (sulfide) groups is 1. The van der Waals surface area contributed by atoms with Gasteiger partial charge in [0.1, 0.15) is 60.1 Å². The number of carbonyl (C=O) groups excluding carboxylic acids is 9. The zero-order valence-corrected chi connectivity index (χ0v) is 51.0. The standard InChI is InChI=1S/C54H90N16O16S/c1-8-27(3)41(70-51(84)42(28(4)9-2)69-45(78)33(55)22-25-87-7)50(83)68-38(26-31-14-16-32(71)17-15-31)49(82)63-30(6)43(76)64-35(13-11-24-61-54(58)59)47(80)66-34(12-10-23-60-53(56)57)46(79)62-29(5)44(77)65-36(18-20-39(72)73)48(81)67-37(52(85)86)19-21-40(74)75/h14-17,27-30,33-38,41-42,71H,8-13,18-26,55H2,1-7H3,(H,62,79)(H,63,82)(H,64,76)(H,65,77)(H,66,80)(H,67,81)(H,68,83)(H,69,78)(H,70,84)(H,72,73)(H,74,75)(H,85,86)(H4,56,57,60)(H4,58,59,61)/t27-,28-,29-,30-,33-,34-,35-,36-,37-,38-,41-,42-/m0/s1. The maximum absolute atomic E-state index is 14.4. The van der Waals surface area contributed by atoms with E-state index in [0.29, 0.717) is 30.6 Å². The SMILES string of the molecule is CC[C@H](C)[C@H](NC(=O)[C@@H](NC(=O)[C@@H](N)CCSC)[C@@H](C)CC)C(=O)N[C@@H](Cc1ccc(O)cc1)C(=O)N[C@@H](C)C(=O)N[C@@H](CCCN=C(N)N)C(=O)N[C@@H](CCCN=C(N)N)C(=O)N[C@@H](C)C(=O)N[C@@H](CCC(=O)O)C(=O)N[C@@H](CCC(=O)O)C(=O)O. The minimum absolute atomic E-state index is 0.0374. The van der Waals surface area contributed by atoms with Crippen LogP contribution in [0.1, 0.15) is 118 Å². The van der Waals surface area contributed by atoms with Gasteiger partial charge in [0.15, 0.2) is 11.9 Å². The summed E-state index contributed by atoms with van der Waals surface area (Å²) >= 11 is 1.50. The maximum atomic E-state index is 14.4. The molecule has 0 spiro atoms. The van der Waals surface area contributed by atoms with Crippen molar-refractivity contribution in [1.82, 2.24) is 47.9 Å². The lowest BCUT2D eigenvalue weighted by atomic mass is 9.94. The molecule has 32 nitrogen and oxygen atoms in total. The summed E-state index contributed by atoms with van der Waals surface area (Å²) in [5.74, 6) is -13.3. The minimum Gasteiger partial charge on any atom is -0.508 e. The molecule has 87 heavy (non-hydrogen) atoms. The molecule has 23 N–H and O–H groups in total. The molecule has 0 radical (unpaired) electrons. The number of aliphatic imine (C=N–C) groups is 2. The van der Waals surface area contributed by atoms with Gasteiger partial charge in [0.05, 0.1) is 6.04 Å². The lowest BCUT2D eigenvalue weighted by molar-refractivity contribution is -0.144. The number of amides is 9. The first-order valence-corrected chi connectivity index (χ1v) is 29.8. The second-order valence-electron chi connectivity index (χ2n) is 20.9. The van der Waals surface area contributed by atoms with E-state index >= 15 is 0 Å². The number of hydrogen-bond acceptors (Lipinski definition) is 17. The molecule has 12 atom stereocenters. The van der Waals surface area contributed by atoms with Gasteiger partial charge in [-0.2, -0.15) is 11.8 Å². The Bertz CT molecular complexity index is 2550. The average molecular weight is 1250 g/mol. The van der Waals surface area contributed by atoms with Crippen molar-refractivity contribution in [2.75, 3.05) is 25.1 Å². The summed E-state index contributed by atoms with van der Waals surface area (Å²) in [5, 5.41) is 60.5. The number of guanidine groups is 2. The summed E-state index contributed by atoms with van der Waals surface area (Å²) in [7, 11) is 0. The van der Waals surface area contributed by atoms with E-state index in [1.807, 2.05) is 13.2 Å². The number of phenolic OH excluding ortho intramolecular Hbond substituents is 1. The number of aliphatic carboxylic acids is 3. The molecule has 0 saturated heterocycles. The minimum atomic E-state index is -1.73. The lowest BCUT2D eigenvalue weighted by Gasteiger charge is -2.30. The van der Waals surface area contributed by atoms with E-state index in [2.05, 4.69) is 57.8 Å². The third-order valence-electron chi connectivity index (χ3n) is 13.8. The molecule has 9 amide bonds. The van der Waals surface area contributed by atoms with Crippen molar-refractivity contribution in [3.8, 4) is 5.75 Å². The van der Waals surface area contributed by atoms with E-state index in [1.165, 1.54) is 49.9 Å². The van der Waals surface area contributed by atoms with Gasteiger partial charge in [-0.05, 0) is 100 Å². The molecule has 1 aromatic carbocycles. The van der Waals surface area contributed by atoms with Gasteiger partial charge in [0.2, 0.25) is 53.2 Å². The number of nitrogens with one attached hydrogen (secondary N) is 9. The first-order valence-electron chi connectivity index (χ1n) is 28.4. The molecule has 0 fully saturated rings. The molecule has 0 unspecified atom stereocenters. The van der Waals surface area contributed by atoms with Gasteiger partial charge in [-0.25, -0.2) is 4.79 Å². The summed E-state index contributed by atoms with van der Waals surface area (Å²) in [4.78, 5) is 167. The number of aromatic hydroxyl groups is 1. The third kappa shape index (κ3) is 29.9. The quantitative estimate of drug-likeness (QED) is 0.0171. The largest absolute Gasteiger partial charge is 0.508 e. The molecular weight excluding hydrogens is 1160 g/mol. The Labute approximate surface area is 509 Å². The topological polar surface area (TPSA) is 549 Å². The summed E-state index contributed by atoms with van der Waals surface area (Å²) < 4.78 is 0. The number of carboxylic acids is 3. The van der Waals surface area contributed by atoms with Crippen molar-refractivity contribution in [2.24, 2.45) is 50.5 Å². The van der Waals surface area contributed by atoms with Gasteiger partial charge in [0, 0.05) is 32.4 Å². The predicted octanol–water partition coefficient (Wildman–Crippen LogP) is -3.57. The Morgan fingerprint density at radius 3 is 1.26 bits per heavy atom. The van der Waals surface area contributed by atoms with Crippen LogP contribution in [0.2, 0.25) is 0 Å². The fraction of sp³-hybridized carbons (Fsp3) is 0.630. The molecule has 0 heterocycles. The summed E-state index contributed by atoms with van der Waals surface area (Å²) in [6.45, 7) is 9.45. The monoisotopic (exact) mass is 1250 g/mol. The van der Waals surface area contributed by atoms with Crippen LogP contribution in [0.4, 0.5) is 0 Å². The fourth-order valence-corrected chi connectivity index (χ4v) is 8.61. The van der Waals surface area contributed by atoms with E-state index in [9.17, 15) is 72.9 Å². The van der Waals surface area contributed by atoms with Crippen LogP contribution in [-0.2, 0) is 64.0 Å². The number of phenols is 1. The number of rotatable bonds is 42. The van der Waals surface area contributed by atoms with Crippen LogP contribution in [0.15, 0.2) is 34.3 Å². The number of carboxylic acid groups (broad SMARTS) is 3. The maximum Gasteiger partial charge on any atom is 0.326 e. The number of hydrogen-bond donors (Lipinski definition) is 18. The number of nitrogens with zero attached hydrogens (tertiary/aromatic N) is 2. The molecule has 0 saturated carbocycles. The van der Waals surface area contributed by atoms with Crippen LogP contribution in [0.5, 0.6) is 5.75 Å². The Kier molecular flexibility index (Phi) is 35.2. The molecular formula is C54H90N16O16S. The zero-order valence-electron chi connectivity index (χ0n) is 50.2. The Balaban J connectivity index is 3.59. The lowest BCUT2D eigenvalue weighted by Crippen LogP contribution is -2.61. The molecule has 0 aromatic heterocycles. The first kappa shape index (κ1) is 76.5. The van der Waals surface area contributed by atoms with Crippen molar-refractivity contribution < 1.29 is 78.0 Å². The smallest absolute Gasteiger partial charge is 0.326 e. The van der Waals surface area contributed by atoms with E-state index < -0.39 is 169 Å². The van der Waals surface area contributed by atoms with Crippen LogP contribution in [0, 0.1) is 11.8 Å². The van der Waals surface area contributed by atoms with Gasteiger partial charge >= 0.3 is 17.9 Å². The predicted molar refractivity (Wildman–Crippen MR) is 322 cm³/mol. The highest BCUT2D eigenvalue weighted by molar-refractivity contribution is 7.98. The highest BCUT2D eigenvalue weighted by Gasteiger charge is 2.37. The van der Waals surface area contributed by atoms with E-state index in [4.69, 9.17) is 33.8 Å². The second kappa shape index (κ2) is 40.0. The molecule has 0 aliphatic heterocycles. The van der Waals surface area contributed by atoms with Crippen LogP contribution < -0.4 is 76.5 Å². The zero-order chi connectivity index (χ0) is 66.1. The van der Waals surface area contributed by atoms with Gasteiger partial charge < -0.3 is 96.9 Å². The number of carbonyl (C=O) groups is 12. The Morgan fingerprint density at radius 1 is 0.483 bits per heavy atom. The highest BCUT2D eigenvalue weighted by atomic mass is 32.2. The van der Waals surface area contributed by atoms with Crippen LogP contribution in [0.25, 0.3) is 0 Å². The molecule has 1 aromatic rings. The first-order chi connectivity index (χ1) is 40.8. The van der Waals surface area contributed by atoms with Gasteiger partial charge in [-0.1, -0.05) is 52.7 Å². The van der Waals surface area contributed by atoms with E-state index in [-0.39, 0.29) is 62.9 Å². The van der Waals surface area contributed by atoms with Gasteiger partial charge in [-0.15, -0.1) is 0 Å². The molecule has 0 aliphatic rings. The average Bonchev–Trinajstić information content (AvgIpc) is 3.61. The normalized spacial score (nSPS) is 15.1. The number of benzene rings is 1. The van der Waals surface area contributed by atoms with Crippen molar-refractivity contribution in [2.45, 2.75) is 179 Å². The van der Waals surface area contributed by atoms with Crippen LogP contribution in [0.3, 0.4) is 0 Å². The molecule has 0 aliphatic carbocycles. The Hall–Kier alpha value is -8.49. The van der Waals surface area contributed by atoms with Crippen molar-refractivity contribution in [3.63, 3.8) is 0 Å². The fourth-order valence-electron chi connectivity index (χ4n) is 8.13. The number of nitrogens with two attached hydrogens (primary N) is 5. The van der Waals surface area contributed by atoms with Crippen LogP contribution >= 0.6 is 11.8 Å². The molecule has 488 valence electrons. The highest BCUT2D eigenvalue weighted by Crippen LogP contribution is 2.16. The van der Waals surface area contributed by atoms with Crippen molar-refractivity contribution >= 4 is 94.8 Å². The molecule has 33 heteroatoms. The summed E-state index contributed by atoms with van der Waals surface area (Å²) in [6, 6.07) is -8.33. The summed E-state index contributed by atoms with van der Waals surface area (Å²) in [5.41, 5.74) is 28.6.